The van der Waals surface area contributed by atoms with Gasteiger partial charge in [-0.15, -0.1) is 0 Å². The number of piperazine rings is 1. The number of alkyl halides is 6. The van der Waals surface area contributed by atoms with E-state index < -0.39 is 47.3 Å². The monoisotopic (exact) mass is 634 g/mol. The summed E-state index contributed by atoms with van der Waals surface area (Å²) in [7, 11) is -2.66. The van der Waals surface area contributed by atoms with Gasteiger partial charge in [0.25, 0.3) is 5.56 Å². The molecule has 0 saturated carbocycles. The van der Waals surface area contributed by atoms with E-state index in [4.69, 9.17) is 0 Å². The Morgan fingerprint density at radius 2 is 1.60 bits per heavy atom. The van der Waals surface area contributed by atoms with Crippen LogP contribution in [0.1, 0.15) is 24.1 Å². The number of halogens is 6. The van der Waals surface area contributed by atoms with Crippen molar-refractivity contribution in [3.63, 3.8) is 0 Å². The number of ether oxygens (including phenoxy) is 1. The first-order valence-electron chi connectivity index (χ1n) is 13.4. The Labute approximate surface area is 244 Å². The summed E-state index contributed by atoms with van der Waals surface area (Å²) in [6.45, 7) is 1.75. The third-order valence-electron chi connectivity index (χ3n) is 7.17. The first-order valence-corrected chi connectivity index (χ1v) is 15.0. The lowest BCUT2D eigenvalue weighted by Crippen LogP contribution is -2.50. The number of nitrogens with zero attached hydrogens (tertiary/aromatic N) is 3. The molecule has 1 aliphatic heterocycles. The highest BCUT2D eigenvalue weighted by Crippen LogP contribution is 2.32. The molecule has 43 heavy (non-hydrogen) atoms. The molecule has 1 saturated heterocycles. The molecule has 1 atom stereocenters. The average Bonchev–Trinajstić information content (AvgIpc) is 2.89. The summed E-state index contributed by atoms with van der Waals surface area (Å²) in [5, 5.41) is 4.12. The zero-order valence-electron chi connectivity index (χ0n) is 23.7. The SMILES string of the molecule is Cc1cc([C@@H](C)Nc2ccccc2S(=O)(=O)COCC(F)(F)F)c2cc(N3CCN(CC(F)(F)F)CC3)n(C)c(=O)c2c1. The van der Waals surface area contributed by atoms with Gasteiger partial charge in [-0.05, 0) is 54.6 Å². The lowest BCUT2D eigenvalue weighted by atomic mass is 9.97. The molecule has 1 fully saturated rings. The van der Waals surface area contributed by atoms with Crippen molar-refractivity contribution in [2.45, 2.75) is 37.1 Å². The Balaban J connectivity index is 1.65. The van der Waals surface area contributed by atoms with E-state index in [1.54, 1.807) is 39.1 Å². The van der Waals surface area contributed by atoms with E-state index >= 15 is 0 Å². The molecule has 1 N–H and O–H groups in total. The minimum atomic E-state index is -4.68. The van der Waals surface area contributed by atoms with Crippen molar-refractivity contribution in [2.75, 3.05) is 55.5 Å². The molecule has 4 rings (SSSR count). The molecule has 0 spiro atoms. The van der Waals surface area contributed by atoms with E-state index in [9.17, 15) is 39.6 Å². The van der Waals surface area contributed by atoms with Gasteiger partial charge in [0, 0.05) is 44.7 Å². The molecule has 8 nitrogen and oxygen atoms in total. The number of nitrogens with one attached hydrogen (secondary N) is 1. The van der Waals surface area contributed by atoms with Crippen molar-refractivity contribution >= 4 is 32.1 Å². The van der Waals surface area contributed by atoms with Crippen molar-refractivity contribution in [2.24, 2.45) is 7.05 Å². The van der Waals surface area contributed by atoms with Gasteiger partial charge in [0.1, 0.15) is 12.4 Å². The lowest BCUT2D eigenvalue weighted by Gasteiger charge is -2.37. The molecule has 0 unspecified atom stereocenters. The number of rotatable bonds is 9. The summed E-state index contributed by atoms with van der Waals surface area (Å²) < 4.78 is 108. The number of pyridine rings is 1. The van der Waals surface area contributed by atoms with E-state index in [1.807, 2.05) is 11.0 Å². The van der Waals surface area contributed by atoms with Gasteiger partial charge in [0.15, 0.2) is 5.94 Å². The molecule has 3 aromatic rings. The van der Waals surface area contributed by atoms with Gasteiger partial charge in [-0.25, -0.2) is 8.42 Å². The minimum absolute atomic E-state index is 0.144. The second kappa shape index (κ2) is 12.4. The topological polar surface area (TPSA) is 83.9 Å². The Bertz CT molecular complexity index is 1630. The van der Waals surface area contributed by atoms with E-state index in [0.717, 1.165) is 5.56 Å². The van der Waals surface area contributed by atoms with Crippen LogP contribution < -0.4 is 15.8 Å². The highest BCUT2D eigenvalue weighted by atomic mass is 32.2. The fraction of sp³-hybridized carbons (Fsp3) is 0.464. The van der Waals surface area contributed by atoms with E-state index in [1.165, 1.54) is 27.7 Å². The summed E-state index contributed by atoms with van der Waals surface area (Å²) in [5.74, 6) is -0.631. The molecule has 0 bridgehead atoms. The third kappa shape index (κ3) is 8.00. The Kier molecular flexibility index (Phi) is 9.38. The molecule has 2 heterocycles. The molecule has 1 aromatic heterocycles. The Morgan fingerprint density at radius 1 is 0.953 bits per heavy atom. The van der Waals surface area contributed by atoms with E-state index in [0.29, 0.717) is 22.2 Å². The Hall–Kier alpha value is -3.30. The second-order valence-corrected chi connectivity index (χ2v) is 12.5. The third-order valence-corrected chi connectivity index (χ3v) is 8.68. The maximum atomic E-state index is 13.5. The summed E-state index contributed by atoms with van der Waals surface area (Å²) in [6.07, 6.45) is -8.98. The van der Waals surface area contributed by atoms with Crippen molar-refractivity contribution in [1.29, 1.82) is 0 Å². The number of anilines is 2. The fourth-order valence-corrected chi connectivity index (χ4v) is 6.40. The van der Waals surface area contributed by atoms with Crippen molar-refractivity contribution in [3.8, 4) is 0 Å². The summed E-state index contributed by atoms with van der Waals surface area (Å²) in [6, 6.07) is 10.6. The molecule has 2 aromatic carbocycles. The number of sulfone groups is 1. The molecule has 0 aliphatic carbocycles. The van der Waals surface area contributed by atoms with Gasteiger partial charge in [-0.3, -0.25) is 14.3 Å². The standard InChI is InChI=1S/C28H32F6N4O4S/c1-18-12-20(19(2)35-23-6-4-5-7-24(23)43(40,41)17-42-16-28(32,33)34)21-14-25(36(3)26(39)22(21)13-18)38-10-8-37(9-11-38)15-27(29,30)31/h4-7,12-14,19,35H,8-11,15-17H2,1-3H3/t19-/m1/s1. The number of aromatic nitrogens is 1. The van der Waals surface area contributed by atoms with Crippen LogP contribution in [-0.4, -0.2) is 75.5 Å². The first-order chi connectivity index (χ1) is 19.9. The first kappa shape index (κ1) is 32.6. The predicted octanol–water partition coefficient (Wildman–Crippen LogP) is 5.01. The second-order valence-electron chi connectivity index (χ2n) is 10.6. The molecule has 0 radical (unpaired) electrons. The highest BCUT2D eigenvalue weighted by Gasteiger charge is 2.33. The van der Waals surface area contributed by atoms with Crippen LogP contribution in [0.25, 0.3) is 10.8 Å². The van der Waals surface area contributed by atoms with E-state index in [2.05, 4.69) is 10.1 Å². The lowest BCUT2D eigenvalue weighted by molar-refractivity contribution is -0.169. The zero-order valence-corrected chi connectivity index (χ0v) is 24.5. The van der Waals surface area contributed by atoms with Crippen LogP contribution in [0.3, 0.4) is 0 Å². The van der Waals surface area contributed by atoms with Crippen molar-refractivity contribution in [3.05, 3.63) is 63.9 Å². The number of fused-ring (bicyclic) bond motifs is 1. The Morgan fingerprint density at radius 3 is 2.23 bits per heavy atom. The van der Waals surface area contributed by atoms with Crippen LogP contribution in [0.5, 0.6) is 0 Å². The summed E-state index contributed by atoms with van der Waals surface area (Å²) >= 11 is 0. The quantitative estimate of drug-likeness (QED) is 0.332. The normalized spacial score (nSPS) is 16.1. The number of hydrogen-bond acceptors (Lipinski definition) is 7. The van der Waals surface area contributed by atoms with Gasteiger partial charge < -0.3 is 15.0 Å². The summed E-state index contributed by atoms with van der Waals surface area (Å²) in [4.78, 5) is 16.4. The molecule has 0 amide bonds. The van der Waals surface area contributed by atoms with Crippen LogP contribution in [0, 0.1) is 6.92 Å². The highest BCUT2D eigenvalue weighted by molar-refractivity contribution is 7.91. The van der Waals surface area contributed by atoms with Crippen LogP contribution in [-0.2, 0) is 21.6 Å². The van der Waals surface area contributed by atoms with Crippen LogP contribution >= 0.6 is 0 Å². The summed E-state index contributed by atoms with van der Waals surface area (Å²) in [5.41, 5.74) is 1.27. The van der Waals surface area contributed by atoms with E-state index in [-0.39, 0.29) is 42.3 Å². The number of aryl methyl sites for hydroxylation is 1. The van der Waals surface area contributed by atoms with Crippen molar-refractivity contribution in [1.82, 2.24) is 9.47 Å². The predicted molar refractivity (Wildman–Crippen MR) is 151 cm³/mol. The molecule has 236 valence electrons. The van der Waals surface area contributed by atoms with Gasteiger partial charge in [-0.1, -0.05) is 18.2 Å². The van der Waals surface area contributed by atoms with Gasteiger partial charge in [-0.2, -0.15) is 26.3 Å². The van der Waals surface area contributed by atoms with Gasteiger partial charge >= 0.3 is 12.4 Å². The van der Waals surface area contributed by atoms with Crippen molar-refractivity contribution < 1.29 is 39.5 Å². The van der Waals surface area contributed by atoms with Gasteiger partial charge in [0.2, 0.25) is 9.84 Å². The van der Waals surface area contributed by atoms with Crippen LogP contribution in [0.4, 0.5) is 37.8 Å². The van der Waals surface area contributed by atoms with Gasteiger partial charge in [0.05, 0.1) is 17.1 Å². The van der Waals surface area contributed by atoms with Crippen LogP contribution in [0.15, 0.2) is 52.2 Å². The smallest absolute Gasteiger partial charge is 0.377 e. The molecule has 1 aliphatic rings. The van der Waals surface area contributed by atoms with Crippen LogP contribution in [0.2, 0.25) is 0 Å². The average molecular weight is 635 g/mol. The molecular formula is C28H32F6N4O4S. The number of benzene rings is 2. The zero-order chi connectivity index (χ0) is 31.7. The maximum Gasteiger partial charge on any atom is 0.411 e. The fourth-order valence-electron chi connectivity index (χ4n) is 5.22. The number of hydrogen-bond donors (Lipinski definition) is 1. The largest absolute Gasteiger partial charge is 0.411 e. The molecular weight excluding hydrogens is 602 g/mol. The minimum Gasteiger partial charge on any atom is -0.377 e. The number of para-hydroxylation sites is 1. The molecule has 15 heteroatoms. The maximum absolute atomic E-state index is 13.5.